The molecule has 1 aromatic heterocycles. The van der Waals surface area contributed by atoms with E-state index < -0.39 is 0 Å². The average molecular weight is 302 g/mol. The number of hydrogen-bond acceptors (Lipinski definition) is 1. The van der Waals surface area contributed by atoms with Crippen molar-refractivity contribution in [2.45, 2.75) is 38.3 Å². The highest BCUT2D eigenvalue weighted by Gasteiger charge is 2.46. The minimum atomic E-state index is 0.0698. The molecule has 2 aliphatic rings. The van der Waals surface area contributed by atoms with Gasteiger partial charge in [-0.3, -0.25) is 4.90 Å². The fourth-order valence-corrected chi connectivity index (χ4v) is 4.99. The molecule has 0 bridgehead atoms. The number of nitrogens with zero attached hydrogens (tertiary/aromatic N) is 1. The number of benzene rings is 2. The topological polar surface area (TPSA) is 19.0 Å². The van der Waals surface area contributed by atoms with Crippen LogP contribution in [0.2, 0.25) is 0 Å². The van der Waals surface area contributed by atoms with Gasteiger partial charge in [0.15, 0.2) is 0 Å². The second kappa shape index (κ2) is 4.48. The number of aromatic amines is 1. The Hall–Kier alpha value is -2.06. The predicted octanol–water partition coefficient (Wildman–Crippen LogP) is 4.56. The van der Waals surface area contributed by atoms with E-state index in [9.17, 15) is 0 Å². The Morgan fingerprint density at radius 1 is 1.09 bits per heavy atom. The van der Waals surface area contributed by atoms with Crippen LogP contribution in [-0.4, -0.2) is 16.4 Å². The molecule has 0 radical (unpaired) electrons. The molecule has 23 heavy (non-hydrogen) atoms. The molecule has 1 N–H and O–H groups in total. The zero-order valence-electron chi connectivity index (χ0n) is 13.8. The van der Waals surface area contributed by atoms with Crippen molar-refractivity contribution in [3.05, 3.63) is 70.9 Å². The maximum Gasteiger partial charge on any atom is 0.0631 e. The Labute approximate surface area is 137 Å². The lowest BCUT2D eigenvalue weighted by Gasteiger charge is -2.52. The fourth-order valence-electron chi connectivity index (χ4n) is 4.99. The molecule has 0 saturated heterocycles. The van der Waals surface area contributed by atoms with Gasteiger partial charge in [0.25, 0.3) is 0 Å². The number of para-hydroxylation sites is 1. The van der Waals surface area contributed by atoms with Gasteiger partial charge in [-0.15, -0.1) is 0 Å². The lowest BCUT2D eigenvalue weighted by atomic mass is 9.75. The molecule has 0 fully saturated rings. The van der Waals surface area contributed by atoms with Gasteiger partial charge in [0.05, 0.1) is 5.54 Å². The SMILES string of the molecule is C[C@@H]1c2ccccc2C[C@@]2(C)c3[nH]c4ccccc4c3CCN12. The van der Waals surface area contributed by atoms with E-state index in [4.69, 9.17) is 0 Å². The van der Waals surface area contributed by atoms with Crippen LogP contribution in [0.5, 0.6) is 0 Å². The van der Waals surface area contributed by atoms with E-state index >= 15 is 0 Å². The molecule has 2 heteroatoms. The first kappa shape index (κ1) is 13.4. The van der Waals surface area contributed by atoms with E-state index in [1.807, 2.05) is 0 Å². The largest absolute Gasteiger partial charge is 0.357 e. The highest BCUT2D eigenvalue weighted by molar-refractivity contribution is 5.85. The van der Waals surface area contributed by atoms with E-state index in [0.717, 1.165) is 19.4 Å². The van der Waals surface area contributed by atoms with Gasteiger partial charge in [0.2, 0.25) is 0 Å². The van der Waals surface area contributed by atoms with Crippen LogP contribution in [0.1, 0.15) is 42.3 Å². The maximum atomic E-state index is 3.77. The summed E-state index contributed by atoms with van der Waals surface area (Å²) in [5, 5.41) is 1.41. The number of H-pyrrole nitrogens is 1. The summed E-state index contributed by atoms with van der Waals surface area (Å²) in [6.07, 6.45) is 2.23. The Bertz CT molecular complexity index is 907. The van der Waals surface area contributed by atoms with Crippen molar-refractivity contribution >= 4 is 10.9 Å². The average Bonchev–Trinajstić information content (AvgIpc) is 2.95. The van der Waals surface area contributed by atoms with Crippen molar-refractivity contribution in [2.24, 2.45) is 0 Å². The highest BCUT2D eigenvalue weighted by atomic mass is 15.2. The van der Waals surface area contributed by atoms with Crippen LogP contribution in [0.3, 0.4) is 0 Å². The molecule has 2 aliphatic heterocycles. The molecule has 2 aromatic carbocycles. The molecular formula is C21H22N2. The Morgan fingerprint density at radius 2 is 1.87 bits per heavy atom. The minimum absolute atomic E-state index is 0.0698. The lowest BCUT2D eigenvalue weighted by Crippen LogP contribution is -2.53. The Balaban J connectivity index is 1.75. The van der Waals surface area contributed by atoms with E-state index in [0.29, 0.717) is 6.04 Å². The van der Waals surface area contributed by atoms with Crippen LogP contribution in [-0.2, 0) is 18.4 Å². The molecule has 0 aliphatic carbocycles. The minimum Gasteiger partial charge on any atom is -0.357 e. The summed E-state index contributed by atoms with van der Waals surface area (Å²) in [5.74, 6) is 0. The molecule has 0 amide bonds. The van der Waals surface area contributed by atoms with Crippen molar-refractivity contribution < 1.29 is 0 Å². The summed E-state index contributed by atoms with van der Waals surface area (Å²) in [7, 11) is 0. The molecule has 2 atom stereocenters. The molecule has 0 saturated carbocycles. The van der Waals surface area contributed by atoms with Gasteiger partial charge >= 0.3 is 0 Å². The molecule has 0 spiro atoms. The van der Waals surface area contributed by atoms with Crippen molar-refractivity contribution in [1.29, 1.82) is 0 Å². The molecule has 116 valence electrons. The van der Waals surface area contributed by atoms with E-state index in [2.05, 4.69) is 72.3 Å². The van der Waals surface area contributed by atoms with Gasteiger partial charge in [0, 0.05) is 29.2 Å². The zero-order valence-corrected chi connectivity index (χ0v) is 13.8. The predicted molar refractivity (Wildman–Crippen MR) is 94.6 cm³/mol. The van der Waals surface area contributed by atoms with Gasteiger partial charge in [-0.1, -0.05) is 42.5 Å². The van der Waals surface area contributed by atoms with Crippen LogP contribution in [0, 0.1) is 0 Å². The number of nitrogens with one attached hydrogen (secondary N) is 1. The van der Waals surface area contributed by atoms with Crippen molar-refractivity contribution in [2.75, 3.05) is 6.54 Å². The molecule has 3 aromatic rings. The summed E-state index contributed by atoms with van der Waals surface area (Å²) < 4.78 is 0. The summed E-state index contributed by atoms with van der Waals surface area (Å²) in [5.41, 5.74) is 7.33. The van der Waals surface area contributed by atoms with Crippen molar-refractivity contribution in [1.82, 2.24) is 9.88 Å². The first-order valence-electron chi connectivity index (χ1n) is 8.63. The Morgan fingerprint density at radius 3 is 2.78 bits per heavy atom. The lowest BCUT2D eigenvalue weighted by molar-refractivity contribution is 0.0329. The molecule has 5 rings (SSSR count). The maximum absolute atomic E-state index is 3.77. The van der Waals surface area contributed by atoms with Crippen LogP contribution >= 0.6 is 0 Å². The van der Waals surface area contributed by atoms with Crippen molar-refractivity contribution in [3.8, 4) is 0 Å². The Kier molecular flexibility index (Phi) is 2.61. The monoisotopic (exact) mass is 302 g/mol. The zero-order chi connectivity index (χ0) is 15.6. The summed E-state index contributed by atoms with van der Waals surface area (Å²) in [6.45, 7) is 5.93. The third kappa shape index (κ3) is 1.67. The standard InChI is InChI=1S/C21H22N2/c1-14-16-8-4-3-7-15(16)13-21(2)20-18(11-12-23(14)21)17-9-5-6-10-19(17)22-20/h3-10,14,22H,11-13H2,1-2H3/t14-,21+/m1/s1. The number of rotatable bonds is 0. The normalized spacial score (nSPS) is 26.6. The first-order chi connectivity index (χ1) is 11.2. The third-order valence-electron chi connectivity index (χ3n) is 6.10. The van der Waals surface area contributed by atoms with Crippen LogP contribution < -0.4 is 0 Å². The smallest absolute Gasteiger partial charge is 0.0631 e. The number of fused-ring (bicyclic) bond motifs is 6. The van der Waals surface area contributed by atoms with Gasteiger partial charge < -0.3 is 4.98 Å². The third-order valence-corrected chi connectivity index (χ3v) is 6.10. The molecule has 0 unspecified atom stereocenters. The summed E-state index contributed by atoms with van der Waals surface area (Å²) in [4.78, 5) is 6.47. The van der Waals surface area contributed by atoms with Crippen LogP contribution in [0.4, 0.5) is 0 Å². The van der Waals surface area contributed by atoms with Gasteiger partial charge in [-0.25, -0.2) is 0 Å². The van der Waals surface area contributed by atoms with E-state index in [1.54, 1.807) is 0 Å². The highest BCUT2D eigenvalue weighted by Crippen LogP contribution is 2.48. The summed E-state index contributed by atoms with van der Waals surface area (Å²) in [6, 6.07) is 18.2. The summed E-state index contributed by atoms with van der Waals surface area (Å²) >= 11 is 0. The molecule has 3 heterocycles. The quantitative estimate of drug-likeness (QED) is 0.645. The van der Waals surface area contributed by atoms with Crippen molar-refractivity contribution in [3.63, 3.8) is 0 Å². The van der Waals surface area contributed by atoms with Crippen LogP contribution in [0.15, 0.2) is 48.5 Å². The second-order valence-electron chi connectivity index (χ2n) is 7.29. The fraction of sp³-hybridized carbons (Fsp3) is 0.333. The number of hydrogen-bond donors (Lipinski definition) is 1. The van der Waals surface area contributed by atoms with E-state index in [1.165, 1.54) is 33.3 Å². The van der Waals surface area contributed by atoms with Gasteiger partial charge in [-0.2, -0.15) is 0 Å². The van der Waals surface area contributed by atoms with Crippen LogP contribution in [0.25, 0.3) is 10.9 Å². The first-order valence-corrected chi connectivity index (χ1v) is 8.63. The van der Waals surface area contributed by atoms with Gasteiger partial charge in [0.1, 0.15) is 0 Å². The molecular weight excluding hydrogens is 280 g/mol. The van der Waals surface area contributed by atoms with E-state index in [-0.39, 0.29) is 5.54 Å². The number of aromatic nitrogens is 1. The molecule has 2 nitrogen and oxygen atoms in total. The van der Waals surface area contributed by atoms with Gasteiger partial charge in [-0.05, 0) is 49.4 Å². The second-order valence-corrected chi connectivity index (χ2v) is 7.29.